The molecule has 1 saturated carbocycles. The van der Waals surface area contributed by atoms with Crippen molar-refractivity contribution in [2.24, 2.45) is 0 Å². The third-order valence-electron chi connectivity index (χ3n) is 5.41. The summed E-state index contributed by atoms with van der Waals surface area (Å²) in [7, 11) is 0. The fourth-order valence-electron chi connectivity index (χ4n) is 3.96. The van der Waals surface area contributed by atoms with E-state index in [4.69, 9.17) is 0 Å². The van der Waals surface area contributed by atoms with Crippen molar-refractivity contribution in [3.8, 4) is 0 Å². The third kappa shape index (κ3) is 4.36. The molecule has 2 aliphatic rings. The average molecular weight is 334 g/mol. The maximum atomic E-state index is 12.2. The maximum absolute atomic E-state index is 12.2. The van der Waals surface area contributed by atoms with Crippen molar-refractivity contribution in [2.75, 3.05) is 26.2 Å². The lowest BCUT2D eigenvalue weighted by atomic mass is 10.2. The van der Waals surface area contributed by atoms with Crippen LogP contribution in [0.4, 0.5) is 0 Å². The van der Waals surface area contributed by atoms with Gasteiger partial charge in [-0.2, -0.15) is 5.10 Å². The largest absolute Gasteiger partial charge is 0.395 e. The first-order valence-corrected chi connectivity index (χ1v) is 9.46. The van der Waals surface area contributed by atoms with E-state index in [2.05, 4.69) is 15.3 Å². The van der Waals surface area contributed by atoms with Gasteiger partial charge in [-0.15, -0.1) is 0 Å². The van der Waals surface area contributed by atoms with E-state index in [1.807, 2.05) is 16.9 Å². The molecule has 2 N–H and O–H groups in total. The molecule has 0 radical (unpaired) electrons. The van der Waals surface area contributed by atoms with Gasteiger partial charge in [-0.3, -0.25) is 14.4 Å². The molecule has 1 atom stereocenters. The second kappa shape index (κ2) is 8.62. The molecule has 0 bridgehead atoms. The van der Waals surface area contributed by atoms with E-state index in [9.17, 15) is 9.90 Å². The minimum Gasteiger partial charge on any atom is -0.395 e. The molecule has 1 aliphatic heterocycles. The van der Waals surface area contributed by atoms with E-state index in [-0.39, 0.29) is 12.5 Å². The highest BCUT2D eigenvalue weighted by Crippen LogP contribution is 2.28. The first-order chi connectivity index (χ1) is 11.8. The highest BCUT2D eigenvalue weighted by atomic mass is 16.3. The van der Waals surface area contributed by atoms with Crippen LogP contribution in [0.15, 0.2) is 12.3 Å². The van der Waals surface area contributed by atoms with Crippen molar-refractivity contribution in [3.05, 3.63) is 18.0 Å². The molecular weight excluding hydrogens is 304 g/mol. The van der Waals surface area contributed by atoms with Crippen molar-refractivity contribution in [3.63, 3.8) is 0 Å². The number of aromatic nitrogens is 2. The number of rotatable bonds is 8. The lowest BCUT2D eigenvalue weighted by Gasteiger charge is -2.22. The fraction of sp³-hybridized carbons (Fsp3) is 0.778. The Balaban J connectivity index is 1.34. The number of hydrogen-bond acceptors (Lipinski definition) is 4. The van der Waals surface area contributed by atoms with Gasteiger partial charge in [-0.25, -0.2) is 0 Å². The van der Waals surface area contributed by atoms with E-state index in [1.165, 1.54) is 32.1 Å². The van der Waals surface area contributed by atoms with Crippen molar-refractivity contribution in [2.45, 2.75) is 63.5 Å². The van der Waals surface area contributed by atoms with Crippen LogP contribution in [0.1, 0.15) is 67.9 Å². The van der Waals surface area contributed by atoms with Crippen molar-refractivity contribution >= 4 is 5.91 Å². The molecule has 2 heterocycles. The quantitative estimate of drug-likeness (QED) is 0.713. The SMILES string of the molecule is O=C(NCCCCN1CCCC1CO)c1ccn(C2CCCC2)n1. The highest BCUT2D eigenvalue weighted by molar-refractivity contribution is 5.92. The summed E-state index contributed by atoms with van der Waals surface area (Å²) in [4.78, 5) is 14.5. The molecule has 3 rings (SSSR count). The lowest BCUT2D eigenvalue weighted by Crippen LogP contribution is -2.33. The topological polar surface area (TPSA) is 70.4 Å². The van der Waals surface area contributed by atoms with Crippen LogP contribution in [0.5, 0.6) is 0 Å². The van der Waals surface area contributed by atoms with Crippen LogP contribution < -0.4 is 5.32 Å². The minimum absolute atomic E-state index is 0.0684. The van der Waals surface area contributed by atoms with Gasteiger partial charge >= 0.3 is 0 Å². The predicted octanol–water partition coefficient (Wildman–Crippen LogP) is 1.96. The molecule has 1 aromatic rings. The molecule has 1 unspecified atom stereocenters. The molecule has 1 amide bonds. The predicted molar refractivity (Wildman–Crippen MR) is 93.0 cm³/mol. The molecule has 0 spiro atoms. The number of nitrogens with one attached hydrogen (secondary N) is 1. The molecule has 24 heavy (non-hydrogen) atoms. The molecular formula is C18H30N4O2. The number of unbranched alkanes of at least 4 members (excludes halogenated alkanes) is 1. The number of likely N-dealkylation sites (tertiary alicyclic amines) is 1. The van der Waals surface area contributed by atoms with E-state index < -0.39 is 0 Å². The van der Waals surface area contributed by atoms with Gasteiger partial charge in [0.1, 0.15) is 5.69 Å². The summed E-state index contributed by atoms with van der Waals surface area (Å²) < 4.78 is 1.96. The Labute approximate surface area is 144 Å². The summed E-state index contributed by atoms with van der Waals surface area (Å²) in [6.45, 7) is 3.06. The van der Waals surface area contributed by atoms with E-state index in [0.29, 0.717) is 24.3 Å². The van der Waals surface area contributed by atoms with Gasteiger partial charge in [0.2, 0.25) is 0 Å². The smallest absolute Gasteiger partial charge is 0.271 e. The standard InChI is InChI=1S/C18H30N4O2/c23-14-16-8-5-12-21(16)11-4-3-10-19-18(24)17-9-13-22(20-17)15-6-1-2-7-15/h9,13,15-16,23H,1-8,10-12,14H2,(H,19,24). The lowest BCUT2D eigenvalue weighted by molar-refractivity contribution is 0.0946. The molecule has 1 saturated heterocycles. The first-order valence-electron chi connectivity index (χ1n) is 9.46. The Hall–Kier alpha value is -1.40. The highest BCUT2D eigenvalue weighted by Gasteiger charge is 2.22. The Morgan fingerprint density at radius 1 is 1.25 bits per heavy atom. The van der Waals surface area contributed by atoms with Crippen molar-refractivity contribution < 1.29 is 9.90 Å². The van der Waals surface area contributed by atoms with E-state index >= 15 is 0 Å². The molecule has 0 aromatic carbocycles. The van der Waals surface area contributed by atoms with Crippen LogP contribution in [0, 0.1) is 0 Å². The molecule has 134 valence electrons. The molecule has 1 aliphatic carbocycles. The molecule has 6 heteroatoms. The first kappa shape index (κ1) is 17.4. The summed E-state index contributed by atoms with van der Waals surface area (Å²) in [5.41, 5.74) is 0.529. The van der Waals surface area contributed by atoms with E-state index in [1.54, 1.807) is 0 Å². The normalized spacial score (nSPS) is 22.3. The third-order valence-corrected chi connectivity index (χ3v) is 5.41. The second-order valence-corrected chi connectivity index (χ2v) is 7.10. The number of nitrogens with zero attached hydrogens (tertiary/aromatic N) is 3. The van der Waals surface area contributed by atoms with Crippen LogP contribution in [-0.2, 0) is 0 Å². The maximum Gasteiger partial charge on any atom is 0.271 e. The van der Waals surface area contributed by atoms with Crippen LogP contribution in [-0.4, -0.2) is 58.0 Å². The Kier molecular flexibility index (Phi) is 6.26. The molecule has 1 aromatic heterocycles. The summed E-state index contributed by atoms with van der Waals surface area (Å²) in [6.07, 6.45) is 11.1. The zero-order chi connectivity index (χ0) is 16.8. The van der Waals surface area contributed by atoms with Gasteiger partial charge in [-0.1, -0.05) is 12.8 Å². The van der Waals surface area contributed by atoms with Crippen molar-refractivity contribution in [1.29, 1.82) is 0 Å². The van der Waals surface area contributed by atoms with Crippen LogP contribution in [0.3, 0.4) is 0 Å². The second-order valence-electron chi connectivity index (χ2n) is 7.10. The fourth-order valence-corrected chi connectivity index (χ4v) is 3.96. The van der Waals surface area contributed by atoms with Gasteiger partial charge in [0.25, 0.3) is 5.91 Å². The Bertz CT molecular complexity index is 525. The summed E-state index contributed by atoms with van der Waals surface area (Å²) in [5.74, 6) is -0.0684. The van der Waals surface area contributed by atoms with Crippen LogP contribution in [0.2, 0.25) is 0 Å². The van der Waals surface area contributed by atoms with E-state index in [0.717, 1.165) is 32.4 Å². The summed E-state index contributed by atoms with van der Waals surface area (Å²) in [6, 6.07) is 2.65. The van der Waals surface area contributed by atoms with Gasteiger partial charge in [-0.05, 0) is 57.7 Å². The Morgan fingerprint density at radius 3 is 2.88 bits per heavy atom. The van der Waals surface area contributed by atoms with Crippen LogP contribution in [0.25, 0.3) is 0 Å². The zero-order valence-corrected chi connectivity index (χ0v) is 14.5. The number of carbonyl (C=O) groups excluding carboxylic acids is 1. The van der Waals surface area contributed by atoms with Gasteiger partial charge < -0.3 is 10.4 Å². The zero-order valence-electron chi connectivity index (χ0n) is 14.5. The summed E-state index contributed by atoms with van der Waals surface area (Å²) in [5, 5.41) is 16.7. The summed E-state index contributed by atoms with van der Waals surface area (Å²) >= 11 is 0. The van der Waals surface area contributed by atoms with Gasteiger partial charge in [0.05, 0.1) is 12.6 Å². The van der Waals surface area contributed by atoms with Crippen LogP contribution >= 0.6 is 0 Å². The minimum atomic E-state index is -0.0684. The number of hydrogen-bond donors (Lipinski definition) is 2. The van der Waals surface area contributed by atoms with Crippen molar-refractivity contribution in [1.82, 2.24) is 20.0 Å². The average Bonchev–Trinajstić information content (AvgIpc) is 3.33. The number of amides is 1. The molecule has 2 fully saturated rings. The number of aliphatic hydroxyl groups is 1. The molecule has 6 nitrogen and oxygen atoms in total. The monoisotopic (exact) mass is 334 g/mol. The van der Waals surface area contributed by atoms with Gasteiger partial charge in [0, 0.05) is 18.8 Å². The number of aliphatic hydroxyl groups excluding tert-OH is 1. The Morgan fingerprint density at radius 2 is 2.08 bits per heavy atom. The van der Waals surface area contributed by atoms with Gasteiger partial charge in [0.15, 0.2) is 0 Å². The number of carbonyl (C=O) groups is 1.